The van der Waals surface area contributed by atoms with E-state index in [0.29, 0.717) is 11.7 Å². The molecule has 3 amide bonds. The van der Waals surface area contributed by atoms with Crippen molar-refractivity contribution < 1.29 is 14.4 Å². The number of amides is 3. The van der Waals surface area contributed by atoms with Crippen molar-refractivity contribution in [2.24, 2.45) is 11.3 Å². The van der Waals surface area contributed by atoms with E-state index >= 15 is 0 Å². The lowest BCUT2D eigenvalue weighted by Crippen LogP contribution is -2.40. The van der Waals surface area contributed by atoms with Crippen LogP contribution in [0.3, 0.4) is 0 Å². The number of aromatic nitrogens is 3. The number of nitrogens with one attached hydrogen (secondary N) is 2. The van der Waals surface area contributed by atoms with Gasteiger partial charge < -0.3 is 0 Å². The first-order chi connectivity index (χ1) is 11.4. The number of hydrogen-bond donors (Lipinski definition) is 2. The van der Waals surface area contributed by atoms with Crippen molar-refractivity contribution in [1.29, 1.82) is 0 Å². The average molecular weight is 333 g/mol. The molecule has 8 nitrogen and oxygen atoms in total. The number of likely N-dealkylation sites (tertiary alicyclic amines) is 1. The number of hydrogen-bond acceptors (Lipinski definition) is 5. The van der Waals surface area contributed by atoms with Crippen LogP contribution in [-0.4, -0.2) is 44.3 Å². The molecule has 0 bridgehead atoms. The Morgan fingerprint density at radius 3 is 2.71 bits per heavy atom. The fourth-order valence-corrected chi connectivity index (χ4v) is 3.60. The monoisotopic (exact) mass is 333 g/mol. The van der Waals surface area contributed by atoms with Gasteiger partial charge in [0.25, 0.3) is 0 Å². The second kappa shape index (κ2) is 6.33. The molecule has 1 aromatic heterocycles. The van der Waals surface area contributed by atoms with Gasteiger partial charge in [0.2, 0.25) is 23.7 Å². The summed E-state index contributed by atoms with van der Waals surface area (Å²) in [5.41, 5.74) is -0.549. The second-order valence-corrected chi connectivity index (χ2v) is 7.20. The number of carbonyl (C=O) groups is 3. The topological polar surface area (TPSA) is 108 Å². The highest BCUT2D eigenvalue weighted by atomic mass is 16.2. The Morgan fingerprint density at radius 1 is 1.33 bits per heavy atom. The van der Waals surface area contributed by atoms with Crippen LogP contribution in [0.2, 0.25) is 0 Å². The first-order valence-corrected chi connectivity index (χ1v) is 8.45. The van der Waals surface area contributed by atoms with Crippen molar-refractivity contribution >= 4 is 23.7 Å². The molecule has 0 aromatic carbocycles. The summed E-state index contributed by atoms with van der Waals surface area (Å²) in [6.45, 7) is 3.85. The zero-order chi connectivity index (χ0) is 17.3. The minimum atomic E-state index is -0.549. The summed E-state index contributed by atoms with van der Waals surface area (Å²) in [6, 6.07) is 0. The Morgan fingerprint density at radius 2 is 2.04 bits per heavy atom. The Bertz CT molecular complexity index is 660. The van der Waals surface area contributed by atoms with E-state index in [2.05, 4.69) is 34.3 Å². The van der Waals surface area contributed by atoms with Gasteiger partial charge in [0.15, 0.2) is 0 Å². The Hall–Kier alpha value is -2.25. The smallest absolute Gasteiger partial charge is 0.248 e. The van der Waals surface area contributed by atoms with E-state index in [1.54, 1.807) is 0 Å². The summed E-state index contributed by atoms with van der Waals surface area (Å²) in [7, 11) is 0. The van der Waals surface area contributed by atoms with Gasteiger partial charge in [0.05, 0.1) is 5.41 Å². The highest BCUT2D eigenvalue weighted by molar-refractivity contribution is 6.09. The van der Waals surface area contributed by atoms with Gasteiger partial charge in [0.1, 0.15) is 12.4 Å². The van der Waals surface area contributed by atoms with Crippen LogP contribution in [0.1, 0.15) is 51.8 Å². The molecular weight excluding hydrogens is 310 g/mol. The molecule has 8 heteroatoms. The Labute approximate surface area is 140 Å². The first-order valence-electron chi connectivity index (χ1n) is 8.45. The van der Waals surface area contributed by atoms with Crippen LogP contribution in [0, 0.1) is 11.3 Å². The van der Waals surface area contributed by atoms with Crippen LogP contribution in [-0.2, 0) is 20.8 Å². The Balaban J connectivity index is 1.59. The maximum Gasteiger partial charge on any atom is 0.248 e. The standard InChI is InChI=1S/C16H23N5O3/c1-10(2)7-11-17-15(20-19-11)18-12(22)9-21-13(23)8-16(14(21)24)5-3-4-6-16/h10H,3-9H2,1-2H3,(H2,17,18,19,20,22). The molecule has 1 saturated heterocycles. The highest BCUT2D eigenvalue weighted by Gasteiger charge is 2.52. The minimum absolute atomic E-state index is 0.172. The summed E-state index contributed by atoms with van der Waals surface area (Å²) in [4.78, 5) is 42.1. The third-order valence-corrected chi connectivity index (χ3v) is 4.74. The quantitative estimate of drug-likeness (QED) is 0.789. The third-order valence-electron chi connectivity index (χ3n) is 4.74. The lowest BCUT2D eigenvalue weighted by atomic mass is 9.84. The van der Waals surface area contributed by atoms with Gasteiger partial charge in [-0.25, -0.2) is 0 Å². The van der Waals surface area contributed by atoms with E-state index in [1.165, 1.54) is 0 Å². The fourth-order valence-electron chi connectivity index (χ4n) is 3.60. The third kappa shape index (κ3) is 3.18. The van der Waals surface area contributed by atoms with Crippen molar-refractivity contribution in [3.63, 3.8) is 0 Å². The molecule has 1 aromatic rings. The predicted octanol–water partition coefficient (Wildman–Crippen LogP) is 1.26. The van der Waals surface area contributed by atoms with Crippen molar-refractivity contribution in [3.05, 3.63) is 5.82 Å². The van der Waals surface area contributed by atoms with E-state index in [4.69, 9.17) is 0 Å². The normalized spacial score (nSPS) is 19.7. The van der Waals surface area contributed by atoms with E-state index in [9.17, 15) is 14.4 Å². The second-order valence-electron chi connectivity index (χ2n) is 7.20. The van der Waals surface area contributed by atoms with Crippen LogP contribution in [0.15, 0.2) is 0 Å². The molecule has 0 unspecified atom stereocenters. The van der Waals surface area contributed by atoms with Crippen molar-refractivity contribution in [2.45, 2.75) is 52.4 Å². The van der Waals surface area contributed by atoms with E-state index in [-0.39, 0.29) is 30.7 Å². The number of nitrogens with zero attached hydrogens (tertiary/aromatic N) is 3. The van der Waals surface area contributed by atoms with Crippen LogP contribution in [0.4, 0.5) is 5.95 Å². The molecule has 3 rings (SSSR count). The maximum absolute atomic E-state index is 12.5. The molecule has 1 saturated carbocycles. The van der Waals surface area contributed by atoms with E-state index in [0.717, 1.165) is 37.0 Å². The van der Waals surface area contributed by atoms with Crippen LogP contribution in [0.25, 0.3) is 0 Å². The number of rotatable bonds is 5. The Kier molecular flexibility index (Phi) is 4.38. The molecule has 2 N–H and O–H groups in total. The number of imide groups is 1. The molecule has 1 aliphatic carbocycles. The summed E-state index contributed by atoms with van der Waals surface area (Å²) >= 11 is 0. The fraction of sp³-hybridized carbons (Fsp3) is 0.688. The molecule has 2 fully saturated rings. The first kappa shape index (κ1) is 16.6. The van der Waals surface area contributed by atoms with E-state index in [1.807, 2.05) is 0 Å². The van der Waals surface area contributed by atoms with Crippen molar-refractivity contribution in [1.82, 2.24) is 20.1 Å². The van der Waals surface area contributed by atoms with Crippen LogP contribution >= 0.6 is 0 Å². The highest BCUT2D eigenvalue weighted by Crippen LogP contribution is 2.46. The van der Waals surface area contributed by atoms with Crippen molar-refractivity contribution in [3.8, 4) is 0 Å². The van der Waals surface area contributed by atoms with Gasteiger partial charge in [-0.1, -0.05) is 26.7 Å². The molecular formula is C16H23N5O3. The van der Waals surface area contributed by atoms with Crippen LogP contribution < -0.4 is 5.32 Å². The predicted molar refractivity (Wildman–Crippen MR) is 85.8 cm³/mol. The van der Waals surface area contributed by atoms with Gasteiger partial charge in [-0.2, -0.15) is 4.98 Å². The number of carbonyl (C=O) groups excluding carboxylic acids is 3. The lowest BCUT2D eigenvalue weighted by molar-refractivity contribution is -0.143. The summed E-state index contributed by atoms with van der Waals surface area (Å²) in [5, 5.41) is 9.25. The zero-order valence-corrected chi connectivity index (χ0v) is 14.1. The molecule has 24 heavy (non-hydrogen) atoms. The molecule has 130 valence electrons. The van der Waals surface area contributed by atoms with Gasteiger partial charge in [-0.15, -0.1) is 5.10 Å². The van der Waals surface area contributed by atoms with Crippen molar-refractivity contribution in [2.75, 3.05) is 11.9 Å². The summed E-state index contributed by atoms with van der Waals surface area (Å²) < 4.78 is 0. The number of anilines is 1. The zero-order valence-electron chi connectivity index (χ0n) is 14.1. The molecule has 0 radical (unpaired) electrons. The molecule has 1 spiro atoms. The van der Waals surface area contributed by atoms with E-state index < -0.39 is 11.3 Å². The molecule has 1 aliphatic heterocycles. The molecule has 2 aliphatic rings. The SMILES string of the molecule is CC(C)Cc1nc(NC(=O)CN2C(=O)CC3(CCCC3)C2=O)n[nH]1. The minimum Gasteiger partial charge on any atom is -0.292 e. The summed E-state index contributed by atoms with van der Waals surface area (Å²) in [5.74, 6) is 0.373. The molecule has 0 atom stereocenters. The van der Waals surface area contributed by atoms with Gasteiger partial charge >= 0.3 is 0 Å². The largest absolute Gasteiger partial charge is 0.292 e. The lowest BCUT2D eigenvalue weighted by Gasteiger charge is -2.20. The van der Waals surface area contributed by atoms with Crippen LogP contribution in [0.5, 0.6) is 0 Å². The number of H-pyrrole nitrogens is 1. The summed E-state index contributed by atoms with van der Waals surface area (Å²) in [6.07, 6.45) is 4.39. The molecule has 2 heterocycles. The van der Waals surface area contributed by atoms with Gasteiger partial charge in [0, 0.05) is 12.8 Å². The maximum atomic E-state index is 12.5. The van der Waals surface area contributed by atoms with Gasteiger partial charge in [-0.3, -0.25) is 29.7 Å². The average Bonchev–Trinajstić information content (AvgIpc) is 3.18. The number of aromatic amines is 1. The van der Waals surface area contributed by atoms with Gasteiger partial charge in [-0.05, 0) is 18.8 Å².